The molecule has 0 spiro atoms. The second-order valence-electron chi connectivity index (χ2n) is 8.87. The van der Waals surface area contributed by atoms with Crippen LogP contribution in [-0.4, -0.2) is 9.55 Å². The van der Waals surface area contributed by atoms with Gasteiger partial charge in [0.05, 0.1) is 6.04 Å². The first kappa shape index (κ1) is 12.9. The van der Waals surface area contributed by atoms with Crippen molar-refractivity contribution in [1.82, 2.24) is 9.55 Å². The first-order chi connectivity index (χ1) is 9.33. The molecule has 1 aromatic heterocycles. The van der Waals surface area contributed by atoms with Crippen LogP contribution in [0.15, 0.2) is 12.4 Å². The Labute approximate surface area is 122 Å². The number of hydrogen-bond donors (Lipinski definition) is 1. The van der Waals surface area contributed by atoms with Gasteiger partial charge in [0.1, 0.15) is 5.82 Å². The molecule has 4 saturated carbocycles. The van der Waals surface area contributed by atoms with Crippen LogP contribution in [0.4, 0.5) is 0 Å². The number of hydrogen-bond acceptors (Lipinski definition) is 2. The molecule has 3 nitrogen and oxygen atoms in total. The zero-order chi connectivity index (χ0) is 14.2. The van der Waals surface area contributed by atoms with Crippen molar-refractivity contribution >= 4 is 0 Å². The molecular weight excluding hydrogens is 246 g/mol. The minimum atomic E-state index is 0.101. The van der Waals surface area contributed by atoms with E-state index in [2.05, 4.69) is 30.4 Å². The van der Waals surface area contributed by atoms with Crippen LogP contribution in [0, 0.1) is 22.2 Å². The van der Waals surface area contributed by atoms with Gasteiger partial charge >= 0.3 is 0 Å². The lowest BCUT2D eigenvalue weighted by Crippen LogP contribution is -2.58. The molecule has 110 valence electrons. The molecule has 3 unspecified atom stereocenters. The summed E-state index contributed by atoms with van der Waals surface area (Å²) in [6, 6.07) is 0.101. The van der Waals surface area contributed by atoms with Gasteiger partial charge in [0.15, 0.2) is 0 Å². The van der Waals surface area contributed by atoms with Crippen LogP contribution in [0.25, 0.3) is 0 Å². The van der Waals surface area contributed by atoms with Gasteiger partial charge in [0.25, 0.3) is 0 Å². The van der Waals surface area contributed by atoms with Gasteiger partial charge in [-0.2, -0.15) is 0 Å². The van der Waals surface area contributed by atoms with Crippen molar-refractivity contribution in [3.05, 3.63) is 18.2 Å². The van der Waals surface area contributed by atoms with Crippen molar-refractivity contribution in [2.75, 3.05) is 0 Å². The number of aromatic nitrogens is 2. The Kier molecular flexibility index (Phi) is 2.37. The molecule has 0 amide bonds. The predicted molar refractivity (Wildman–Crippen MR) is 80.0 cm³/mol. The smallest absolute Gasteiger partial charge is 0.125 e. The van der Waals surface area contributed by atoms with Gasteiger partial charge in [0, 0.05) is 19.4 Å². The molecule has 3 atom stereocenters. The van der Waals surface area contributed by atoms with Gasteiger partial charge in [-0.3, -0.25) is 0 Å². The minimum Gasteiger partial charge on any atom is -0.337 e. The summed E-state index contributed by atoms with van der Waals surface area (Å²) < 4.78 is 2.12. The van der Waals surface area contributed by atoms with E-state index in [1.807, 2.05) is 12.4 Å². The molecule has 1 heterocycles. The Hall–Kier alpha value is -0.830. The lowest BCUT2D eigenvalue weighted by molar-refractivity contribution is -0.155. The van der Waals surface area contributed by atoms with Crippen molar-refractivity contribution in [2.45, 2.75) is 58.4 Å². The van der Waals surface area contributed by atoms with E-state index in [0.717, 1.165) is 11.7 Å². The lowest BCUT2D eigenvalue weighted by Gasteiger charge is -2.66. The minimum absolute atomic E-state index is 0.101. The molecule has 3 heteroatoms. The van der Waals surface area contributed by atoms with E-state index in [-0.39, 0.29) is 6.04 Å². The Bertz CT molecular complexity index is 528. The van der Waals surface area contributed by atoms with E-state index in [1.165, 1.54) is 38.5 Å². The van der Waals surface area contributed by atoms with Crippen LogP contribution in [0.3, 0.4) is 0 Å². The summed E-state index contributed by atoms with van der Waals surface area (Å²) in [5, 5.41) is 0. The maximum atomic E-state index is 6.77. The van der Waals surface area contributed by atoms with Crippen LogP contribution >= 0.6 is 0 Å². The molecule has 4 aliphatic carbocycles. The Morgan fingerprint density at radius 2 is 1.85 bits per heavy atom. The monoisotopic (exact) mass is 273 g/mol. The maximum Gasteiger partial charge on any atom is 0.125 e. The highest BCUT2D eigenvalue weighted by Crippen LogP contribution is 2.71. The van der Waals surface area contributed by atoms with Gasteiger partial charge < -0.3 is 10.3 Å². The number of rotatable bonds is 2. The number of aryl methyl sites for hydroxylation is 1. The summed E-state index contributed by atoms with van der Waals surface area (Å²) in [5.74, 6) is 1.98. The molecule has 5 rings (SSSR count). The average Bonchev–Trinajstić information content (AvgIpc) is 2.69. The Morgan fingerprint density at radius 3 is 2.35 bits per heavy atom. The van der Waals surface area contributed by atoms with Crippen molar-refractivity contribution in [2.24, 2.45) is 34.9 Å². The third-order valence-electron chi connectivity index (χ3n) is 6.47. The van der Waals surface area contributed by atoms with Crippen LogP contribution in [0.2, 0.25) is 0 Å². The first-order valence-electron chi connectivity index (χ1n) is 8.06. The van der Waals surface area contributed by atoms with Gasteiger partial charge in [-0.25, -0.2) is 4.98 Å². The zero-order valence-corrected chi connectivity index (χ0v) is 13.0. The van der Waals surface area contributed by atoms with Crippen molar-refractivity contribution < 1.29 is 0 Å². The van der Waals surface area contributed by atoms with Crippen LogP contribution in [0.5, 0.6) is 0 Å². The molecule has 2 N–H and O–H groups in total. The van der Waals surface area contributed by atoms with Gasteiger partial charge in [-0.15, -0.1) is 0 Å². The fourth-order valence-corrected chi connectivity index (χ4v) is 6.83. The van der Waals surface area contributed by atoms with Gasteiger partial charge in [-0.05, 0) is 60.7 Å². The fraction of sp³-hybridized carbons (Fsp3) is 0.824. The Morgan fingerprint density at radius 1 is 1.20 bits per heavy atom. The molecule has 0 aromatic carbocycles. The zero-order valence-electron chi connectivity index (χ0n) is 13.0. The molecule has 4 fully saturated rings. The SMILES string of the molecule is Cn1ccnc1C(N)C12CC3CC(C)(CC(C)(C3)C1)C2. The molecule has 4 aliphatic rings. The third-order valence-corrected chi connectivity index (χ3v) is 6.47. The maximum absolute atomic E-state index is 6.77. The fourth-order valence-electron chi connectivity index (χ4n) is 6.83. The van der Waals surface area contributed by atoms with Crippen LogP contribution < -0.4 is 5.73 Å². The quantitative estimate of drug-likeness (QED) is 0.897. The van der Waals surface area contributed by atoms with E-state index in [4.69, 9.17) is 5.73 Å². The summed E-state index contributed by atoms with van der Waals surface area (Å²) in [7, 11) is 2.08. The third kappa shape index (κ3) is 1.65. The van der Waals surface area contributed by atoms with Crippen molar-refractivity contribution in [3.63, 3.8) is 0 Å². The van der Waals surface area contributed by atoms with E-state index in [9.17, 15) is 0 Å². The van der Waals surface area contributed by atoms with Gasteiger partial charge in [0.2, 0.25) is 0 Å². The summed E-state index contributed by atoms with van der Waals surface area (Å²) >= 11 is 0. The molecule has 1 aromatic rings. The molecule has 4 bridgehead atoms. The van der Waals surface area contributed by atoms with Crippen LogP contribution in [0.1, 0.15) is 64.2 Å². The molecule has 20 heavy (non-hydrogen) atoms. The van der Waals surface area contributed by atoms with E-state index < -0.39 is 0 Å². The Balaban J connectivity index is 1.75. The summed E-state index contributed by atoms with van der Waals surface area (Å²) in [4.78, 5) is 4.56. The van der Waals surface area contributed by atoms with E-state index in [1.54, 1.807) is 0 Å². The highest BCUT2D eigenvalue weighted by atomic mass is 15.1. The average molecular weight is 273 g/mol. The molecule has 0 radical (unpaired) electrons. The summed E-state index contributed by atoms with van der Waals surface area (Å²) in [6.45, 7) is 5.02. The second kappa shape index (κ2) is 3.68. The molecule has 0 saturated heterocycles. The van der Waals surface area contributed by atoms with Crippen LogP contribution in [-0.2, 0) is 7.05 Å². The highest BCUT2D eigenvalue weighted by molar-refractivity contribution is 5.16. The first-order valence-corrected chi connectivity index (χ1v) is 8.06. The lowest BCUT2D eigenvalue weighted by atomic mass is 9.39. The molecular formula is C17H27N3. The van der Waals surface area contributed by atoms with E-state index >= 15 is 0 Å². The normalized spacial score (nSPS) is 47.7. The summed E-state index contributed by atoms with van der Waals surface area (Å²) in [6.07, 6.45) is 12.1. The molecule has 0 aliphatic heterocycles. The topological polar surface area (TPSA) is 43.8 Å². The number of nitrogens with two attached hydrogens (primary N) is 1. The summed E-state index contributed by atoms with van der Waals surface area (Å²) in [5.41, 5.74) is 8.12. The van der Waals surface area contributed by atoms with Crippen molar-refractivity contribution in [1.29, 1.82) is 0 Å². The number of nitrogens with zero attached hydrogens (tertiary/aromatic N) is 2. The standard InChI is InChI=1S/C17H27N3/c1-15-6-12-7-16(2,9-15)11-17(8-12,10-15)13(18)14-19-4-5-20(14)3/h4-5,12-13H,6-11,18H2,1-3H3. The van der Waals surface area contributed by atoms with Crippen molar-refractivity contribution in [3.8, 4) is 0 Å². The highest BCUT2D eigenvalue weighted by Gasteiger charge is 2.62. The predicted octanol–water partition coefficient (Wildman–Crippen LogP) is 3.42. The van der Waals surface area contributed by atoms with Gasteiger partial charge in [-0.1, -0.05) is 13.8 Å². The number of imidazole rings is 1. The van der Waals surface area contributed by atoms with E-state index in [0.29, 0.717) is 16.2 Å². The largest absolute Gasteiger partial charge is 0.337 e. The second-order valence-corrected chi connectivity index (χ2v) is 8.87.